The van der Waals surface area contributed by atoms with E-state index in [4.69, 9.17) is 4.74 Å². The molecule has 1 unspecified atom stereocenters. The predicted octanol–water partition coefficient (Wildman–Crippen LogP) is 5.41. The van der Waals surface area contributed by atoms with E-state index in [1.54, 1.807) is 48.9 Å². The van der Waals surface area contributed by atoms with Crippen LogP contribution in [-0.2, 0) is 22.7 Å². The number of phenols is 1. The maximum atomic E-state index is 13.2. The lowest BCUT2D eigenvalue weighted by atomic mass is 9.95. The Morgan fingerprint density at radius 2 is 1.70 bits per heavy atom. The van der Waals surface area contributed by atoms with Gasteiger partial charge in [0.2, 0.25) is 0 Å². The van der Waals surface area contributed by atoms with Crippen molar-refractivity contribution in [2.75, 3.05) is 6.54 Å². The molecule has 0 spiro atoms. The zero-order chi connectivity index (χ0) is 27.4. The molecule has 1 aromatic heterocycles. The molecule has 2 N–H and O–H groups in total. The fourth-order valence-corrected chi connectivity index (χ4v) is 4.75. The third-order valence-electron chi connectivity index (χ3n) is 6.91. The molecule has 0 bridgehead atoms. The Morgan fingerprint density at radius 1 is 0.975 bits per heavy atom. The minimum Gasteiger partial charge on any atom is -0.508 e. The Morgan fingerprint density at radius 3 is 2.38 bits per heavy atom. The number of carbonyl (C=O) groups excluding carboxylic acids is 2. The number of Topliss-reactive ketones (excluding diaryl/α,β-unsaturated/α-hetero) is 1. The number of ether oxygens (including phenoxy) is 1. The van der Waals surface area contributed by atoms with Crippen LogP contribution < -0.4 is 4.74 Å². The lowest BCUT2D eigenvalue weighted by Crippen LogP contribution is -2.31. The maximum absolute atomic E-state index is 13.2. The lowest BCUT2D eigenvalue weighted by molar-refractivity contribution is -0.139. The van der Waals surface area contributed by atoms with E-state index < -0.39 is 17.7 Å². The zero-order valence-corrected chi connectivity index (χ0v) is 22.8. The van der Waals surface area contributed by atoms with Crippen molar-refractivity contribution in [3.63, 3.8) is 0 Å². The first kappa shape index (κ1) is 28.4. The van der Waals surface area contributed by atoms with Gasteiger partial charge in [-0.3, -0.25) is 9.59 Å². The number of rotatable bonds is 9. The molecular weight excluding hydrogens is 530 g/mol. The van der Waals surface area contributed by atoms with Gasteiger partial charge in [-0.25, -0.2) is 4.98 Å². The highest BCUT2D eigenvalue weighted by Crippen LogP contribution is 2.40. The van der Waals surface area contributed by atoms with Crippen molar-refractivity contribution in [3.05, 3.63) is 119 Å². The fourth-order valence-electron chi connectivity index (χ4n) is 4.75. The number of aliphatic hydroxyl groups excluding tert-OH is 1. The van der Waals surface area contributed by atoms with E-state index in [1.165, 1.54) is 17.0 Å². The second-order valence-corrected chi connectivity index (χ2v) is 9.48. The molecule has 0 saturated carbocycles. The third-order valence-corrected chi connectivity index (χ3v) is 6.91. The van der Waals surface area contributed by atoms with Gasteiger partial charge in [-0.1, -0.05) is 36.4 Å². The summed E-state index contributed by atoms with van der Waals surface area (Å²) in [5.74, 6) is -0.984. The van der Waals surface area contributed by atoms with Crippen LogP contribution in [0.4, 0.5) is 0 Å². The van der Waals surface area contributed by atoms with Crippen LogP contribution in [0.1, 0.15) is 34.7 Å². The minimum atomic E-state index is -0.787. The number of phenolic OH excluding ortho intramolecular Hbond substituents is 1. The Kier molecular flexibility index (Phi) is 8.91. The molecule has 1 aliphatic heterocycles. The summed E-state index contributed by atoms with van der Waals surface area (Å²) in [6.07, 6.45) is 5.80. The molecule has 1 atom stereocenters. The number of aromatic hydroxyl groups is 1. The second-order valence-electron chi connectivity index (χ2n) is 9.48. The molecule has 3 aromatic carbocycles. The molecular formula is C31H30ClN3O5. The van der Waals surface area contributed by atoms with Gasteiger partial charge in [0.25, 0.3) is 11.7 Å². The SMILES string of the molecule is Cc1ccccc1COc1ccc(C(O)=C2C(=O)C(=O)N(CCCn3ccnc3)C2c2ccc(O)cc2)cc1.Cl. The van der Waals surface area contributed by atoms with Crippen LogP contribution in [0, 0.1) is 6.92 Å². The van der Waals surface area contributed by atoms with E-state index in [0.29, 0.717) is 43.0 Å². The smallest absolute Gasteiger partial charge is 0.295 e. The van der Waals surface area contributed by atoms with Crippen molar-refractivity contribution in [1.29, 1.82) is 0 Å². The molecule has 1 amide bonds. The summed E-state index contributed by atoms with van der Waals surface area (Å²) < 4.78 is 7.81. The number of ketones is 1. The van der Waals surface area contributed by atoms with Crippen LogP contribution >= 0.6 is 12.4 Å². The Balaban J connectivity index is 0.00000370. The molecule has 4 aromatic rings. The van der Waals surface area contributed by atoms with Crippen LogP contribution in [-0.4, -0.2) is 42.9 Å². The van der Waals surface area contributed by atoms with Crippen molar-refractivity contribution in [3.8, 4) is 11.5 Å². The summed E-state index contributed by atoms with van der Waals surface area (Å²) in [6, 6.07) is 20.3. The minimum absolute atomic E-state index is 0. The molecule has 40 heavy (non-hydrogen) atoms. The second kappa shape index (κ2) is 12.5. The normalized spacial score (nSPS) is 16.1. The molecule has 1 fully saturated rings. The van der Waals surface area contributed by atoms with Crippen molar-refractivity contribution in [2.45, 2.75) is 32.5 Å². The van der Waals surface area contributed by atoms with E-state index in [2.05, 4.69) is 4.98 Å². The van der Waals surface area contributed by atoms with E-state index in [1.807, 2.05) is 42.0 Å². The number of halogens is 1. The number of benzene rings is 3. The van der Waals surface area contributed by atoms with Gasteiger partial charge in [0, 0.05) is 31.0 Å². The summed E-state index contributed by atoms with van der Waals surface area (Å²) in [5, 5.41) is 21.1. The number of amides is 1. The number of aliphatic hydroxyl groups is 1. The molecule has 206 valence electrons. The number of imidazole rings is 1. The Bertz CT molecular complexity index is 1500. The van der Waals surface area contributed by atoms with Gasteiger partial charge in [0.05, 0.1) is 17.9 Å². The Hall–Kier alpha value is -4.56. The first-order valence-electron chi connectivity index (χ1n) is 12.7. The summed E-state index contributed by atoms with van der Waals surface area (Å²) in [5.41, 5.74) is 3.25. The zero-order valence-electron chi connectivity index (χ0n) is 21.9. The molecule has 1 saturated heterocycles. The number of carbonyl (C=O) groups is 2. The van der Waals surface area contributed by atoms with Gasteiger partial charge in [-0.2, -0.15) is 0 Å². The summed E-state index contributed by atoms with van der Waals surface area (Å²) >= 11 is 0. The summed E-state index contributed by atoms with van der Waals surface area (Å²) in [6.45, 7) is 3.35. The van der Waals surface area contributed by atoms with Crippen molar-refractivity contribution in [1.82, 2.24) is 14.5 Å². The molecule has 8 nitrogen and oxygen atoms in total. The highest BCUT2D eigenvalue weighted by atomic mass is 35.5. The topological polar surface area (TPSA) is 105 Å². The number of aryl methyl sites for hydroxylation is 2. The van der Waals surface area contributed by atoms with Gasteiger partial charge >= 0.3 is 0 Å². The van der Waals surface area contributed by atoms with Crippen LogP contribution in [0.2, 0.25) is 0 Å². The summed E-state index contributed by atoms with van der Waals surface area (Å²) in [4.78, 5) is 31.9. The van der Waals surface area contributed by atoms with E-state index in [9.17, 15) is 19.8 Å². The highest BCUT2D eigenvalue weighted by Gasteiger charge is 2.45. The molecule has 0 radical (unpaired) electrons. The molecule has 2 heterocycles. The van der Waals surface area contributed by atoms with E-state index in [0.717, 1.165) is 11.1 Å². The number of aromatic nitrogens is 2. The quantitative estimate of drug-likeness (QED) is 0.161. The lowest BCUT2D eigenvalue weighted by Gasteiger charge is -2.25. The maximum Gasteiger partial charge on any atom is 0.295 e. The third kappa shape index (κ3) is 6.02. The molecule has 9 heteroatoms. The van der Waals surface area contributed by atoms with Gasteiger partial charge < -0.3 is 24.4 Å². The summed E-state index contributed by atoms with van der Waals surface area (Å²) in [7, 11) is 0. The number of likely N-dealkylation sites (tertiary alicyclic amines) is 1. The van der Waals surface area contributed by atoms with Crippen LogP contribution in [0.5, 0.6) is 11.5 Å². The van der Waals surface area contributed by atoms with Gasteiger partial charge in [0.1, 0.15) is 23.9 Å². The fraction of sp³-hybridized carbons (Fsp3) is 0.194. The first-order chi connectivity index (χ1) is 18.9. The van der Waals surface area contributed by atoms with Crippen molar-refractivity contribution >= 4 is 29.9 Å². The highest BCUT2D eigenvalue weighted by molar-refractivity contribution is 6.46. The van der Waals surface area contributed by atoms with Crippen molar-refractivity contribution in [2.24, 2.45) is 0 Å². The molecule has 1 aliphatic rings. The van der Waals surface area contributed by atoms with Gasteiger partial charge in [0.15, 0.2) is 0 Å². The van der Waals surface area contributed by atoms with Crippen LogP contribution in [0.15, 0.2) is 97.1 Å². The van der Waals surface area contributed by atoms with Gasteiger partial charge in [-0.15, -0.1) is 12.4 Å². The standard InChI is InChI=1S/C31H29N3O5.ClH/c1-21-5-2-3-6-24(21)19-39-26-13-9-23(10-14-26)29(36)27-28(22-7-11-25(35)12-8-22)34(31(38)30(27)37)17-4-16-33-18-15-32-20-33;/h2-3,5-15,18,20,28,35-36H,4,16-17,19H2,1H3;1H. The number of hydrogen-bond donors (Lipinski definition) is 2. The largest absolute Gasteiger partial charge is 0.508 e. The first-order valence-corrected chi connectivity index (χ1v) is 12.7. The van der Waals surface area contributed by atoms with Crippen LogP contribution in [0.25, 0.3) is 5.76 Å². The van der Waals surface area contributed by atoms with E-state index >= 15 is 0 Å². The van der Waals surface area contributed by atoms with Crippen LogP contribution in [0.3, 0.4) is 0 Å². The average Bonchev–Trinajstić information content (AvgIpc) is 3.55. The predicted molar refractivity (Wildman–Crippen MR) is 153 cm³/mol. The molecule has 5 rings (SSSR count). The van der Waals surface area contributed by atoms with E-state index in [-0.39, 0.29) is 29.5 Å². The molecule has 0 aliphatic carbocycles. The Labute approximate surface area is 238 Å². The average molecular weight is 560 g/mol. The monoisotopic (exact) mass is 559 g/mol. The van der Waals surface area contributed by atoms with Crippen molar-refractivity contribution < 1.29 is 24.5 Å². The number of hydrogen-bond acceptors (Lipinski definition) is 6. The number of nitrogens with zero attached hydrogens (tertiary/aromatic N) is 3. The van der Waals surface area contributed by atoms with Gasteiger partial charge in [-0.05, 0) is 66.4 Å².